The van der Waals surface area contributed by atoms with Gasteiger partial charge in [0.2, 0.25) is 0 Å². The van der Waals surface area contributed by atoms with Crippen LogP contribution in [0.25, 0.3) is 0 Å². The van der Waals surface area contributed by atoms with Crippen LogP contribution in [-0.2, 0) is 33.3 Å². The molecule has 0 amide bonds. The van der Waals surface area contributed by atoms with Crippen molar-refractivity contribution in [3.8, 4) is 0 Å². The van der Waals surface area contributed by atoms with Crippen LogP contribution in [0, 0.1) is 29.1 Å². The van der Waals surface area contributed by atoms with Crippen molar-refractivity contribution in [2.75, 3.05) is 6.61 Å². The Bertz CT molecular complexity index is 1330. The van der Waals surface area contributed by atoms with E-state index >= 15 is 0 Å². The SMILES string of the molecule is CC[C@H](C)[C@H]1O[C@]2(CC[C@@H]1C)C[C@@H]1C[C@@H](C/C=C(\C)[C@@H](O)[C@@H](C)/C=C/C=C3\CO[C@@H]4[C@H](OC(=O)C(C)(C)C)C(C)=C[C@@H](C(=O)O1)[C@]34O)O2. The maximum absolute atomic E-state index is 14.3. The number of carbonyl (C=O) groups excluding carboxylic acids is 2. The maximum Gasteiger partial charge on any atom is 0.316 e. The minimum atomic E-state index is -1.82. The third-order valence-corrected chi connectivity index (χ3v) is 11.3. The van der Waals surface area contributed by atoms with E-state index in [4.69, 9.17) is 23.7 Å². The molecule has 5 aliphatic rings. The van der Waals surface area contributed by atoms with Crippen LogP contribution in [-0.4, -0.2) is 76.8 Å². The topological polar surface area (TPSA) is 121 Å². The summed E-state index contributed by atoms with van der Waals surface area (Å²) in [5.41, 5.74) is -0.659. The molecule has 5 rings (SSSR count). The van der Waals surface area contributed by atoms with Crippen LogP contribution in [0.5, 0.6) is 0 Å². The van der Waals surface area contributed by atoms with Gasteiger partial charge in [0, 0.05) is 25.2 Å². The van der Waals surface area contributed by atoms with Crippen LogP contribution in [0.4, 0.5) is 0 Å². The Morgan fingerprint density at radius 3 is 2.56 bits per heavy atom. The van der Waals surface area contributed by atoms with Gasteiger partial charge in [0.1, 0.15) is 23.7 Å². The van der Waals surface area contributed by atoms with Gasteiger partial charge in [0.15, 0.2) is 11.9 Å². The van der Waals surface area contributed by atoms with Gasteiger partial charge in [-0.25, -0.2) is 0 Å². The molecule has 3 saturated heterocycles. The van der Waals surface area contributed by atoms with Gasteiger partial charge in [-0.3, -0.25) is 9.59 Å². The van der Waals surface area contributed by atoms with E-state index in [1.807, 2.05) is 26.0 Å². The predicted molar refractivity (Wildman–Crippen MR) is 181 cm³/mol. The maximum atomic E-state index is 14.3. The largest absolute Gasteiger partial charge is 0.462 e. The second kappa shape index (κ2) is 14.1. The van der Waals surface area contributed by atoms with E-state index in [1.165, 1.54) is 0 Å². The van der Waals surface area contributed by atoms with Crippen LogP contribution >= 0.6 is 0 Å². The minimum absolute atomic E-state index is 0.0184. The Kier molecular flexibility index (Phi) is 10.9. The zero-order valence-electron chi connectivity index (χ0n) is 30.4. The minimum Gasteiger partial charge on any atom is -0.462 e. The molecule has 0 unspecified atom stereocenters. The first-order valence-electron chi connectivity index (χ1n) is 18.0. The molecule has 4 aliphatic heterocycles. The molecule has 0 aromatic heterocycles. The van der Waals surface area contributed by atoms with Crippen LogP contribution < -0.4 is 0 Å². The van der Waals surface area contributed by atoms with Crippen LogP contribution in [0.1, 0.15) is 101 Å². The number of carbonyl (C=O) groups is 2. The number of aliphatic hydroxyl groups is 2. The third-order valence-electron chi connectivity index (χ3n) is 11.3. The summed E-state index contributed by atoms with van der Waals surface area (Å²) < 4.78 is 32.1. The van der Waals surface area contributed by atoms with E-state index in [9.17, 15) is 19.8 Å². The molecular weight excluding hydrogens is 612 g/mol. The summed E-state index contributed by atoms with van der Waals surface area (Å²) >= 11 is 0. The molecule has 1 spiro atoms. The van der Waals surface area contributed by atoms with E-state index in [1.54, 1.807) is 45.9 Å². The molecule has 4 heterocycles. The molecule has 9 heteroatoms. The number of hydrogen-bond donors (Lipinski definition) is 2. The highest BCUT2D eigenvalue weighted by Crippen LogP contribution is 2.48. The number of allylic oxidation sites excluding steroid dienone is 2. The standard InChI is InChI=1S/C39H58O9/c1-10-22(2)32-25(5)16-17-38(48-32)20-29-19-28(47-38)15-14-24(4)31(40)23(3)12-11-13-27-21-44-34-33(46-36(42)37(7,8)9)26(6)18-30(35(41)45-29)39(27,34)43/h11-14,18,22-23,25,28-34,40,43H,10,15-17,19-21H2,1-9H3/b12-11+,24-14+,27-13+/t22-,23-,25-,28+,29-,30-,31-,32+,33+,34+,38+,39+/m0/s1. The molecule has 0 radical (unpaired) electrons. The van der Waals surface area contributed by atoms with E-state index in [2.05, 4.69) is 20.8 Å². The van der Waals surface area contributed by atoms with Crippen molar-refractivity contribution in [2.45, 2.75) is 149 Å². The first kappa shape index (κ1) is 37.0. The first-order chi connectivity index (χ1) is 22.5. The highest BCUT2D eigenvalue weighted by molar-refractivity contribution is 5.79. The molecule has 48 heavy (non-hydrogen) atoms. The third kappa shape index (κ3) is 7.27. The number of aliphatic hydroxyl groups excluding tert-OH is 1. The molecule has 2 N–H and O–H groups in total. The van der Waals surface area contributed by atoms with Gasteiger partial charge in [-0.2, -0.15) is 0 Å². The fraction of sp³-hybridized carbons (Fsp3) is 0.744. The van der Waals surface area contributed by atoms with E-state index < -0.39 is 59.1 Å². The summed E-state index contributed by atoms with van der Waals surface area (Å²) in [4.78, 5) is 27.4. The van der Waals surface area contributed by atoms with Gasteiger partial charge in [-0.05, 0) is 76.0 Å². The van der Waals surface area contributed by atoms with Gasteiger partial charge < -0.3 is 33.9 Å². The summed E-state index contributed by atoms with van der Waals surface area (Å²) in [6, 6.07) is 0. The zero-order chi connectivity index (χ0) is 35.2. The summed E-state index contributed by atoms with van der Waals surface area (Å²) in [6.07, 6.45) is 9.70. The lowest BCUT2D eigenvalue weighted by atomic mass is 9.70. The summed E-state index contributed by atoms with van der Waals surface area (Å²) in [5, 5.41) is 23.8. The number of rotatable bonds is 3. The van der Waals surface area contributed by atoms with Gasteiger partial charge in [-0.1, -0.05) is 64.5 Å². The molecule has 9 nitrogen and oxygen atoms in total. The number of esters is 2. The zero-order valence-corrected chi connectivity index (χ0v) is 30.4. The van der Waals surface area contributed by atoms with E-state index in [0.717, 1.165) is 18.4 Å². The Labute approximate surface area is 286 Å². The van der Waals surface area contributed by atoms with E-state index in [-0.39, 0.29) is 24.7 Å². The van der Waals surface area contributed by atoms with Gasteiger partial charge in [0.05, 0.1) is 30.3 Å². The fourth-order valence-electron chi connectivity index (χ4n) is 7.98. The molecule has 268 valence electrons. The number of ether oxygens (including phenoxy) is 5. The predicted octanol–water partition coefficient (Wildman–Crippen LogP) is 6.13. The smallest absolute Gasteiger partial charge is 0.316 e. The second-order valence-electron chi connectivity index (χ2n) is 16.2. The quantitative estimate of drug-likeness (QED) is 0.270. The lowest BCUT2D eigenvalue weighted by Crippen LogP contribution is -2.59. The van der Waals surface area contributed by atoms with Crippen molar-refractivity contribution >= 4 is 11.9 Å². The molecule has 1 aliphatic carbocycles. The highest BCUT2D eigenvalue weighted by atomic mass is 16.7. The molecule has 0 aromatic carbocycles. The summed E-state index contributed by atoms with van der Waals surface area (Å²) in [6.45, 7) is 17.6. The lowest BCUT2D eigenvalue weighted by Gasteiger charge is -2.51. The molecule has 2 bridgehead atoms. The first-order valence-corrected chi connectivity index (χ1v) is 18.0. The fourth-order valence-corrected chi connectivity index (χ4v) is 7.98. The molecule has 0 aromatic rings. The number of hydrogen-bond acceptors (Lipinski definition) is 9. The average molecular weight is 671 g/mol. The number of fused-ring (bicyclic) bond motifs is 2. The molecule has 0 saturated carbocycles. The van der Waals surface area contributed by atoms with Crippen LogP contribution in [0.15, 0.2) is 47.1 Å². The Balaban J connectivity index is 1.55. The van der Waals surface area contributed by atoms with Crippen molar-refractivity contribution < 1.29 is 43.5 Å². The van der Waals surface area contributed by atoms with Gasteiger partial charge in [-0.15, -0.1) is 0 Å². The Morgan fingerprint density at radius 2 is 1.88 bits per heavy atom. The van der Waals surface area contributed by atoms with Gasteiger partial charge >= 0.3 is 11.9 Å². The molecule has 12 atom stereocenters. The Morgan fingerprint density at radius 1 is 1.15 bits per heavy atom. The monoisotopic (exact) mass is 670 g/mol. The van der Waals surface area contributed by atoms with Crippen molar-refractivity contribution in [2.24, 2.45) is 29.1 Å². The van der Waals surface area contributed by atoms with Crippen molar-refractivity contribution in [3.05, 3.63) is 47.1 Å². The second-order valence-corrected chi connectivity index (χ2v) is 16.2. The van der Waals surface area contributed by atoms with Crippen molar-refractivity contribution in [1.82, 2.24) is 0 Å². The average Bonchev–Trinajstić information content (AvgIpc) is 3.36. The summed E-state index contributed by atoms with van der Waals surface area (Å²) in [5.74, 6) is -2.49. The van der Waals surface area contributed by atoms with Crippen LogP contribution in [0.3, 0.4) is 0 Å². The summed E-state index contributed by atoms with van der Waals surface area (Å²) in [7, 11) is 0. The highest BCUT2D eigenvalue weighted by Gasteiger charge is 2.61. The van der Waals surface area contributed by atoms with Crippen molar-refractivity contribution in [1.29, 1.82) is 0 Å². The van der Waals surface area contributed by atoms with Crippen LogP contribution in [0.2, 0.25) is 0 Å². The lowest BCUT2D eigenvalue weighted by molar-refractivity contribution is -0.340. The normalized spacial score (nSPS) is 44.3. The molecular formula is C39H58O9. The molecule has 3 fully saturated rings. The van der Waals surface area contributed by atoms with Gasteiger partial charge in [0.25, 0.3) is 0 Å². The Hall–Kier alpha value is -2.30. The van der Waals surface area contributed by atoms with Crippen molar-refractivity contribution in [3.63, 3.8) is 0 Å². The van der Waals surface area contributed by atoms with E-state index in [0.29, 0.717) is 48.7 Å².